The van der Waals surface area contributed by atoms with Crippen molar-refractivity contribution in [3.63, 3.8) is 0 Å². The van der Waals surface area contributed by atoms with Gasteiger partial charge >= 0.3 is 0 Å². The molecule has 0 fully saturated rings. The van der Waals surface area contributed by atoms with Crippen LogP contribution in [0, 0.1) is 6.92 Å². The highest BCUT2D eigenvalue weighted by Gasteiger charge is 2.16. The maximum Gasteiger partial charge on any atom is 0.126 e. The summed E-state index contributed by atoms with van der Waals surface area (Å²) in [5.41, 5.74) is 5.83. The molecule has 0 saturated carbocycles. The van der Waals surface area contributed by atoms with E-state index in [4.69, 9.17) is 0 Å². The smallest absolute Gasteiger partial charge is 0.126 e. The molecule has 0 aliphatic heterocycles. The van der Waals surface area contributed by atoms with E-state index in [1.165, 1.54) is 0 Å². The largest absolute Gasteiger partial charge is 0.387 e. The van der Waals surface area contributed by atoms with E-state index in [1.54, 1.807) is 0 Å². The summed E-state index contributed by atoms with van der Waals surface area (Å²) < 4.78 is 2.04. The van der Waals surface area contributed by atoms with Gasteiger partial charge in [-0.2, -0.15) is 0 Å². The quantitative estimate of drug-likeness (QED) is 0.575. The van der Waals surface area contributed by atoms with Gasteiger partial charge in [-0.15, -0.1) is 0 Å². The number of imidazole rings is 1. The molecular weight excluding hydrogens is 338 g/mol. The minimum Gasteiger partial charge on any atom is -0.387 e. The van der Waals surface area contributed by atoms with Crippen LogP contribution in [0.4, 0.5) is 5.82 Å². The number of pyridine rings is 2. The first-order chi connectivity index (χ1) is 13.0. The SMILES string of the molecule is CCC(O)c1cc(C)c(-c2cc3cnc(NC)cc3c3c2ncn3C)cn1. The van der Waals surface area contributed by atoms with Crippen LogP contribution in [0.3, 0.4) is 0 Å². The maximum atomic E-state index is 10.1. The Hall–Kier alpha value is -2.99. The molecule has 4 rings (SSSR count). The van der Waals surface area contributed by atoms with Gasteiger partial charge in [0.1, 0.15) is 5.82 Å². The molecule has 0 bridgehead atoms. The Balaban J connectivity index is 1.99. The van der Waals surface area contributed by atoms with Crippen LogP contribution in [-0.4, -0.2) is 31.7 Å². The summed E-state index contributed by atoms with van der Waals surface area (Å²) in [6.07, 6.45) is 5.67. The predicted octanol–water partition coefficient (Wildman–Crippen LogP) is 3.98. The number of anilines is 1. The van der Waals surface area contributed by atoms with Crippen LogP contribution in [-0.2, 0) is 7.05 Å². The molecule has 0 spiro atoms. The van der Waals surface area contributed by atoms with Crippen molar-refractivity contribution < 1.29 is 5.11 Å². The molecule has 6 nitrogen and oxygen atoms in total. The Bertz CT molecular complexity index is 1150. The molecule has 3 aromatic heterocycles. The highest BCUT2D eigenvalue weighted by Crippen LogP contribution is 2.36. The van der Waals surface area contributed by atoms with Crippen molar-refractivity contribution in [2.24, 2.45) is 7.05 Å². The lowest BCUT2D eigenvalue weighted by Gasteiger charge is -2.13. The zero-order valence-corrected chi connectivity index (χ0v) is 16.0. The maximum absolute atomic E-state index is 10.1. The van der Waals surface area contributed by atoms with Crippen molar-refractivity contribution in [2.45, 2.75) is 26.4 Å². The molecule has 1 atom stereocenters. The van der Waals surface area contributed by atoms with Crippen molar-refractivity contribution in [2.75, 3.05) is 12.4 Å². The number of nitrogens with zero attached hydrogens (tertiary/aromatic N) is 4. The second-order valence-corrected chi connectivity index (χ2v) is 6.87. The van der Waals surface area contributed by atoms with Gasteiger partial charge in [-0.25, -0.2) is 9.97 Å². The molecule has 0 radical (unpaired) electrons. The van der Waals surface area contributed by atoms with Gasteiger partial charge in [-0.3, -0.25) is 4.98 Å². The van der Waals surface area contributed by atoms with Crippen LogP contribution in [0.25, 0.3) is 32.9 Å². The standard InChI is InChI=1S/C21H23N5O/c1-5-18(27)17-6-12(2)16(10-23-17)15-7-13-9-24-19(22-3)8-14(13)21-20(15)25-11-26(21)4/h6-11,18,27H,5H2,1-4H3,(H,22,24). The van der Waals surface area contributed by atoms with E-state index in [2.05, 4.69) is 32.4 Å². The summed E-state index contributed by atoms with van der Waals surface area (Å²) in [6, 6.07) is 6.14. The number of aliphatic hydroxyl groups excluding tert-OH is 1. The highest BCUT2D eigenvalue weighted by atomic mass is 16.3. The fraction of sp³-hybridized carbons (Fsp3) is 0.286. The van der Waals surface area contributed by atoms with Crippen molar-refractivity contribution in [1.29, 1.82) is 0 Å². The summed E-state index contributed by atoms with van der Waals surface area (Å²) >= 11 is 0. The molecule has 1 unspecified atom stereocenters. The molecule has 2 N–H and O–H groups in total. The molecule has 0 amide bonds. The monoisotopic (exact) mass is 361 g/mol. The molecule has 3 heterocycles. The number of benzene rings is 1. The second kappa shape index (κ2) is 6.63. The van der Waals surface area contributed by atoms with E-state index >= 15 is 0 Å². The number of hydrogen-bond donors (Lipinski definition) is 2. The van der Waals surface area contributed by atoms with E-state index in [-0.39, 0.29) is 0 Å². The first-order valence-corrected chi connectivity index (χ1v) is 9.10. The normalized spacial score (nSPS) is 12.6. The summed E-state index contributed by atoms with van der Waals surface area (Å²) in [5.74, 6) is 0.827. The average Bonchev–Trinajstić information content (AvgIpc) is 3.08. The summed E-state index contributed by atoms with van der Waals surface area (Å²) in [4.78, 5) is 13.6. The Morgan fingerprint density at radius 3 is 2.63 bits per heavy atom. The lowest BCUT2D eigenvalue weighted by Crippen LogP contribution is -2.00. The lowest BCUT2D eigenvalue weighted by molar-refractivity contribution is 0.169. The Labute approximate surface area is 157 Å². The van der Waals surface area contributed by atoms with E-state index in [9.17, 15) is 5.11 Å². The first-order valence-electron chi connectivity index (χ1n) is 9.10. The van der Waals surface area contributed by atoms with Crippen LogP contribution in [0.15, 0.2) is 36.9 Å². The Morgan fingerprint density at radius 2 is 1.93 bits per heavy atom. The third-order valence-corrected chi connectivity index (χ3v) is 5.09. The molecule has 1 aromatic carbocycles. The summed E-state index contributed by atoms with van der Waals surface area (Å²) in [5, 5.41) is 15.3. The van der Waals surface area contributed by atoms with E-state index in [1.807, 2.05) is 57.3 Å². The van der Waals surface area contributed by atoms with Gasteiger partial charge < -0.3 is 15.0 Å². The average molecular weight is 361 g/mol. The van der Waals surface area contributed by atoms with Crippen LogP contribution in [0.2, 0.25) is 0 Å². The Morgan fingerprint density at radius 1 is 1.11 bits per heavy atom. The van der Waals surface area contributed by atoms with Crippen LogP contribution in [0.5, 0.6) is 0 Å². The van der Waals surface area contributed by atoms with Gasteiger partial charge in [0.05, 0.1) is 29.2 Å². The predicted molar refractivity (Wildman–Crippen MR) is 109 cm³/mol. The van der Waals surface area contributed by atoms with Gasteiger partial charge in [-0.1, -0.05) is 6.92 Å². The van der Waals surface area contributed by atoms with Crippen LogP contribution in [0.1, 0.15) is 30.7 Å². The van der Waals surface area contributed by atoms with Gasteiger partial charge in [0.25, 0.3) is 0 Å². The fourth-order valence-electron chi connectivity index (χ4n) is 3.55. The van der Waals surface area contributed by atoms with Crippen molar-refractivity contribution >= 4 is 27.6 Å². The number of fused-ring (bicyclic) bond motifs is 3. The number of hydrogen-bond acceptors (Lipinski definition) is 5. The van der Waals surface area contributed by atoms with Crippen molar-refractivity contribution in [1.82, 2.24) is 19.5 Å². The molecular formula is C21H23N5O. The number of rotatable bonds is 4. The molecule has 0 saturated heterocycles. The third-order valence-electron chi connectivity index (χ3n) is 5.09. The Kier molecular flexibility index (Phi) is 4.28. The number of aromatic nitrogens is 4. The molecule has 0 aliphatic carbocycles. The van der Waals surface area contributed by atoms with Crippen LogP contribution < -0.4 is 5.32 Å². The van der Waals surface area contributed by atoms with Crippen LogP contribution >= 0.6 is 0 Å². The first kappa shape index (κ1) is 17.4. The molecule has 6 heteroatoms. The van der Waals surface area contributed by atoms with Crippen molar-refractivity contribution in [3.05, 3.63) is 48.2 Å². The van der Waals surface area contributed by atoms with E-state index in [0.717, 1.165) is 44.3 Å². The summed E-state index contributed by atoms with van der Waals surface area (Å²) in [7, 11) is 3.87. The van der Waals surface area contributed by atoms with E-state index in [0.29, 0.717) is 12.1 Å². The number of aryl methyl sites for hydroxylation is 2. The van der Waals surface area contributed by atoms with Gasteiger partial charge in [0.2, 0.25) is 0 Å². The number of aliphatic hydroxyl groups is 1. The fourth-order valence-corrected chi connectivity index (χ4v) is 3.55. The topological polar surface area (TPSA) is 75.9 Å². The molecule has 138 valence electrons. The third kappa shape index (κ3) is 2.82. The van der Waals surface area contributed by atoms with E-state index < -0.39 is 6.10 Å². The molecule has 0 aliphatic rings. The van der Waals surface area contributed by atoms with Gasteiger partial charge in [-0.05, 0) is 37.1 Å². The summed E-state index contributed by atoms with van der Waals surface area (Å²) in [6.45, 7) is 3.99. The molecule has 27 heavy (non-hydrogen) atoms. The van der Waals surface area contributed by atoms with Gasteiger partial charge in [0.15, 0.2) is 0 Å². The zero-order valence-electron chi connectivity index (χ0n) is 16.0. The second-order valence-electron chi connectivity index (χ2n) is 6.87. The van der Waals surface area contributed by atoms with Crippen molar-refractivity contribution in [3.8, 4) is 11.1 Å². The zero-order chi connectivity index (χ0) is 19.1. The van der Waals surface area contributed by atoms with Gasteiger partial charge in [0, 0.05) is 48.4 Å². The minimum absolute atomic E-state index is 0.534. The minimum atomic E-state index is -0.534. The molecule has 4 aromatic rings. The number of nitrogens with one attached hydrogen (secondary N) is 1. The lowest BCUT2D eigenvalue weighted by atomic mass is 9.97. The highest BCUT2D eigenvalue weighted by molar-refractivity contribution is 6.11.